The summed E-state index contributed by atoms with van der Waals surface area (Å²) in [7, 11) is 0. The van der Waals surface area contributed by atoms with E-state index in [4.69, 9.17) is 10.2 Å². The van der Waals surface area contributed by atoms with Gasteiger partial charge in [-0.2, -0.15) is 0 Å². The molecule has 0 aromatic rings. The van der Waals surface area contributed by atoms with Crippen LogP contribution in [0.3, 0.4) is 0 Å². The van der Waals surface area contributed by atoms with E-state index < -0.39 is 11.9 Å². The van der Waals surface area contributed by atoms with E-state index in [1.807, 2.05) is 0 Å². The van der Waals surface area contributed by atoms with Crippen molar-refractivity contribution in [3.63, 3.8) is 0 Å². The number of hydrogen-bond acceptors (Lipinski definition) is 2. The Morgan fingerprint density at radius 2 is 1.40 bits per heavy atom. The van der Waals surface area contributed by atoms with Gasteiger partial charge in [0, 0.05) is 11.1 Å². The SMILES string of the molecule is C=C(CCC(C)C)C(=O)O.C=C(CCCCC)C(=O)O. The summed E-state index contributed by atoms with van der Waals surface area (Å²) in [5.74, 6) is -1.19. The number of carboxylic acid groups (broad SMARTS) is 2. The van der Waals surface area contributed by atoms with Crippen molar-refractivity contribution in [2.45, 2.75) is 59.3 Å². The van der Waals surface area contributed by atoms with Crippen molar-refractivity contribution in [1.29, 1.82) is 0 Å². The van der Waals surface area contributed by atoms with E-state index in [1.165, 1.54) is 0 Å². The number of hydrogen-bond donors (Lipinski definition) is 2. The van der Waals surface area contributed by atoms with Crippen LogP contribution in [-0.2, 0) is 9.59 Å². The monoisotopic (exact) mass is 284 g/mol. The average Bonchev–Trinajstić information content (AvgIpc) is 2.36. The Labute approximate surface area is 122 Å². The molecule has 2 N–H and O–H groups in total. The van der Waals surface area contributed by atoms with Gasteiger partial charge in [0.2, 0.25) is 0 Å². The van der Waals surface area contributed by atoms with Crippen molar-refractivity contribution in [3.8, 4) is 0 Å². The molecule has 0 aliphatic rings. The molecule has 0 saturated heterocycles. The van der Waals surface area contributed by atoms with Crippen LogP contribution in [0, 0.1) is 5.92 Å². The second-order valence-electron chi connectivity index (χ2n) is 5.21. The Bertz CT molecular complexity index is 329. The Kier molecular flexibility index (Phi) is 12.9. The molecular formula is C16H28O4. The van der Waals surface area contributed by atoms with Crippen LogP contribution in [0.5, 0.6) is 0 Å². The molecule has 0 spiro atoms. The van der Waals surface area contributed by atoms with Crippen molar-refractivity contribution in [2.75, 3.05) is 0 Å². The van der Waals surface area contributed by atoms with Crippen LogP contribution < -0.4 is 0 Å². The van der Waals surface area contributed by atoms with E-state index in [-0.39, 0.29) is 0 Å². The van der Waals surface area contributed by atoms with Crippen LogP contribution in [0.1, 0.15) is 59.3 Å². The lowest BCUT2D eigenvalue weighted by Gasteiger charge is -2.02. The van der Waals surface area contributed by atoms with E-state index in [2.05, 4.69) is 33.9 Å². The molecular weight excluding hydrogens is 256 g/mol. The lowest BCUT2D eigenvalue weighted by atomic mass is 10.0. The summed E-state index contributed by atoms with van der Waals surface area (Å²) in [4.78, 5) is 20.4. The number of carboxylic acids is 2. The normalized spacial score (nSPS) is 9.60. The molecule has 0 amide bonds. The second kappa shape index (κ2) is 12.5. The molecule has 0 aliphatic carbocycles. The van der Waals surface area contributed by atoms with Crippen LogP contribution >= 0.6 is 0 Å². The van der Waals surface area contributed by atoms with Gasteiger partial charge in [-0.05, 0) is 31.6 Å². The topological polar surface area (TPSA) is 74.6 Å². The Balaban J connectivity index is 0. The molecule has 0 aliphatic heterocycles. The van der Waals surface area contributed by atoms with Crippen molar-refractivity contribution >= 4 is 11.9 Å². The lowest BCUT2D eigenvalue weighted by Crippen LogP contribution is -2.00. The molecule has 0 atom stereocenters. The van der Waals surface area contributed by atoms with Crippen LogP contribution in [0.15, 0.2) is 24.3 Å². The first-order valence-corrected chi connectivity index (χ1v) is 7.04. The maximum Gasteiger partial charge on any atom is 0.330 e. The lowest BCUT2D eigenvalue weighted by molar-refractivity contribution is -0.133. The third-order valence-electron chi connectivity index (χ3n) is 2.71. The number of carbonyl (C=O) groups is 2. The average molecular weight is 284 g/mol. The molecule has 4 nitrogen and oxygen atoms in total. The highest BCUT2D eigenvalue weighted by Crippen LogP contribution is 2.09. The van der Waals surface area contributed by atoms with Gasteiger partial charge in [0.1, 0.15) is 0 Å². The van der Waals surface area contributed by atoms with Gasteiger partial charge in [-0.1, -0.05) is 46.8 Å². The molecule has 0 saturated carbocycles. The second-order valence-corrected chi connectivity index (χ2v) is 5.21. The highest BCUT2D eigenvalue weighted by Gasteiger charge is 2.03. The van der Waals surface area contributed by atoms with Crippen LogP contribution in [-0.4, -0.2) is 22.2 Å². The van der Waals surface area contributed by atoms with Crippen molar-refractivity contribution in [1.82, 2.24) is 0 Å². The van der Waals surface area contributed by atoms with Gasteiger partial charge < -0.3 is 10.2 Å². The quantitative estimate of drug-likeness (QED) is 0.489. The zero-order chi connectivity index (χ0) is 16.1. The van der Waals surface area contributed by atoms with E-state index in [1.54, 1.807) is 0 Å². The maximum absolute atomic E-state index is 10.2. The third kappa shape index (κ3) is 14.5. The number of unbranched alkanes of at least 4 members (excludes halogenated alkanes) is 2. The molecule has 20 heavy (non-hydrogen) atoms. The van der Waals surface area contributed by atoms with Crippen LogP contribution in [0.25, 0.3) is 0 Å². The van der Waals surface area contributed by atoms with Gasteiger partial charge in [0.15, 0.2) is 0 Å². The first kappa shape index (κ1) is 20.7. The van der Waals surface area contributed by atoms with Gasteiger partial charge >= 0.3 is 11.9 Å². The first-order valence-electron chi connectivity index (χ1n) is 7.04. The van der Waals surface area contributed by atoms with Crippen molar-refractivity contribution in [2.24, 2.45) is 5.92 Å². The summed E-state index contributed by atoms with van der Waals surface area (Å²) in [6.45, 7) is 13.1. The highest BCUT2D eigenvalue weighted by molar-refractivity contribution is 5.85. The third-order valence-corrected chi connectivity index (χ3v) is 2.71. The van der Waals surface area contributed by atoms with Gasteiger partial charge in [-0.3, -0.25) is 0 Å². The van der Waals surface area contributed by atoms with E-state index in [0.29, 0.717) is 29.9 Å². The Morgan fingerprint density at radius 3 is 1.75 bits per heavy atom. The summed E-state index contributed by atoms with van der Waals surface area (Å²) >= 11 is 0. The minimum atomic E-state index is -0.874. The summed E-state index contributed by atoms with van der Waals surface area (Å²) in [6, 6.07) is 0. The molecule has 0 aromatic heterocycles. The minimum absolute atomic E-state index is 0.314. The number of aliphatic carboxylic acids is 2. The zero-order valence-corrected chi connectivity index (χ0v) is 12.9. The van der Waals surface area contributed by atoms with Gasteiger partial charge in [0.25, 0.3) is 0 Å². The molecule has 0 fully saturated rings. The molecule has 0 heterocycles. The smallest absolute Gasteiger partial charge is 0.330 e. The van der Waals surface area contributed by atoms with E-state index in [9.17, 15) is 9.59 Å². The van der Waals surface area contributed by atoms with Gasteiger partial charge in [-0.25, -0.2) is 9.59 Å². The fourth-order valence-corrected chi connectivity index (χ4v) is 1.27. The molecule has 0 radical (unpaired) electrons. The Morgan fingerprint density at radius 1 is 0.950 bits per heavy atom. The number of rotatable bonds is 9. The standard InChI is InChI=1S/2C8H14O2/c1-6(2)4-5-7(3)8(9)10;1-3-4-5-6-7(2)8(9)10/h6H,3-5H2,1-2H3,(H,9,10);2-6H2,1H3,(H,9,10). The summed E-state index contributed by atoms with van der Waals surface area (Å²) in [5, 5.41) is 16.8. The Hall–Kier alpha value is -1.58. The molecule has 0 rings (SSSR count). The summed E-state index contributed by atoms with van der Waals surface area (Å²) in [6.07, 6.45) is 5.29. The molecule has 0 aromatic carbocycles. The minimum Gasteiger partial charge on any atom is -0.478 e. The fourth-order valence-electron chi connectivity index (χ4n) is 1.27. The van der Waals surface area contributed by atoms with Crippen molar-refractivity contribution < 1.29 is 19.8 Å². The first-order chi connectivity index (χ1) is 9.22. The van der Waals surface area contributed by atoms with E-state index >= 15 is 0 Å². The molecule has 116 valence electrons. The largest absolute Gasteiger partial charge is 0.478 e. The van der Waals surface area contributed by atoms with Crippen molar-refractivity contribution in [3.05, 3.63) is 24.3 Å². The molecule has 0 unspecified atom stereocenters. The summed E-state index contributed by atoms with van der Waals surface area (Å²) < 4.78 is 0. The highest BCUT2D eigenvalue weighted by atomic mass is 16.4. The van der Waals surface area contributed by atoms with Gasteiger partial charge in [0.05, 0.1) is 0 Å². The zero-order valence-electron chi connectivity index (χ0n) is 12.9. The van der Waals surface area contributed by atoms with Crippen LogP contribution in [0.4, 0.5) is 0 Å². The summed E-state index contributed by atoms with van der Waals surface area (Å²) in [5.41, 5.74) is 0.641. The van der Waals surface area contributed by atoms with E-state index in [0.717, 1.165) is 25.7 Å². The van der Waals surface area contributed by atoms with Gasteiger partial charge in [-0.15, -0.1) is 0 Å². The molecule has 4 heteroatoms. The predicted octanol–water partition coefficient (Wildman–Crippen LogP) is 4.27. The fraction of sp³-hybridized carbons (Fsp3) is 0.625. The van der Waals surface area contributed by atoms with Crippen LogP contribution in [0.2, 0.25) is 0 Å². The maximum atomic E-state index is 10.2. The predicted molar refractivity (Wildman–Crippen MR) is 81.8 cm³/mol. The molecule has 0 bridgehead atoms.